The lowest BCUT2D eigenvalue weighted by atomic mass is 10.0. The average Bonchev–Trinajstić information content (AvgIpc) is 2.61. The van der Waals surface area contributed by atoms with E-state index < -0.39 is 41.5 Å². The second-order valence-electron chi connectivity index (χ2n) is 5.82. The maximum atomic E-state index is 12.9. The third-order valence-corrected chi connectivity index (χ3v) is 3.82. The van der Waals surface area contributed by atoms with Crippen LogP contribution in [0.4, 0.5) is 17.6 Å². The Hall–Kier alpha value is -2.94. The van der Waals surface area contributed by atoms with Crippen LogP contribution in [0.15, 0.2) is 48.5 Å². The lowest BCUT2D eigenvalue weighted by molar-refractivity contribution is -0.137. The summed E-state index contributed by atoms with van der Waals surface area (Å²) < 4.78 is 50.6. The Morgan fingerprint density at radius 2 is 1.59 bits per heavy atom. The van der Waals surface area contributed by atoms with Gasteiger partial charge in [0.1, 0.15) is 11.9 Å². The summed E-state index contributed by atoms with van der Waals surface area (Å²) in [4.78, 5) is 23.7. The highest BCUT2D eigenvalue weighted by atomic mass is 19.4. The molecule has 0 fully saturated rings. The van der Waals surface area contributed by atoms with Crippen LogP contribution in [0.1, 0.15) is 22.8 Å². The van der Waals surface area contributed by atoms with E-state index in [4.69, 9.17) is 5.73 Å². The van der Waals surface area contributed by atoms with Crippen molar-refractivity contribution in [3.63, 3.8) is 0 Å². The number of aliphatic hydroxyl groups is 1. The van der Waals surface area contributed by atoms with E-state index in [1.807, 2.05) is 0 Å². The van der Waals surface area contributed by atoms with Crippen LogP contribution in [0.2, 0.25) is 0 Å². The number of hydrogen-bond acceptors (Lipinski definition) is 3. The summed E-state index contributed by atoms with van der Waals surface area (Å²) >= 11 is 0. The molecule has 0 radical (unpaired) electrons. The maximum absolute atomic E-state index is 12.9. The second-order valence-corrected chi connectivity index (χ2v) is 5.82. The van der Waals surface area contributed by atoms with E-state index in [1.54, 1.807) is 0 Å². The Kier molecular flexibility index (Phi) is 6.17. The van der Waals surface area contributed by atoms with Gasteiger partial charge in [-0.3, -0.25) is 9.59 Å². The van der Waals surface area contributed by atoms with Gasteiger partial charge in [0.2, 0.25) is 5.91 Å². The minimum absolute atomic E-state index is 0.0406. The molecule has 2 amide bonds. The molecule has 2 aromatic carbocycles. The molecule has 27 heavy (non-hydrogen) atoms. The van der Waals surface area contributed by atoms with E-state index in [0.717, 1.165) is 24.3 Å². The van der Waals surface area contributed by atoms with E-state index in [1.165, 1.54) is 24.3 Å². The van der Waals surface area contributed by atoms with Crippen molar-refractivity contribution in [1.29, 1.82) is 0 Å². The summed E-state index contributed by atoms with van der Waals surface area (Å²) in [5.74, 6) is -2.36. The molecule has 2 aromatic rings. The van der Waals surface area contributed by atoms with Crippen LogP contribution in [0.25, 0.3) is 0 Å². The normalized spacial score (nSPS) is 13.7. The second kappa shape index (κ2) is 8.17. The number of carbonyl (C=O) groups excluding carboxylic acids is 2. The average molecular weight is 384 g/mol. The first-order valence-corrected chi connectivity index (χ1v) is 7.77. The van der Waals surface area contributed by atoms with Crippen molar-refractivity contribution < 1.29 is 32.3 Å². The molecule has 0 saturated carbocycles. The van der Waals surface area contributed by atoms with Crippen molar-refractivity contribution in [1.82, 2.24) is 5.32 Å². The first kappa shape index (κ1) is 20.4. The van der Waals surface area contributed by atoms with Crippen LogP contribution in [-0.2, 0) is 22.2 Å². The molecule has 9 heteroatoms. The predicted molar refractivity (Wildman–Crippen MR) is 87.6 cm³/mol. The van der Waals surface area contributed by atoms with Crippen LogP contribution in [-0.4, -0.2) is 23.0 Å². The van der Waals surface area contributed by atoms with Crippen LogP contribution >= 0.6 is 0 Å². The molecule has 0 aromatic heterocycles. The first-order valence-electron chi connectivity index (χ1n) is 7.77. The molecule has 0 spiro atoms. The molecule has 0 heterocycles. The van der Waals surface area contributed by atoms with E-state index in [-0.39, 0.29) is 12.0 Å². The highest BCUT2D eigenvalue weighted by molar-refractivity contribution is 5.89. The third kappa shape index (κ3) is 5.52. The van der Waals surface area contributed by atoms with Gasteiger partial charge in [0.25, 0.3) is 5.91 Å². The lowest BCUT2D eigenvalue weighted by Gasteiger charge is -2.18. The number of aliphatic hydroxyl groups excluding tert-OH is 1. The number of primary amides is 1. The minimum Gasteiger partial charge on any atom is -0.378 e. The van der Waals surface area contributed by atoms with Gasteiger partial charge in [0.05, 0.1) is 5.56 Å². The number of nitrogens with two attached hydrogens (primary N) is 1. The van der Waals surface area contributed by atoms with E-state index in [2.05, 4.69) is 5.32 Å². The summed E-state index contributed by atoms with van der Waals surface area (Å²) in [5, 5.41) is 12.3. The fourth-order valence-corrected chi connectivity index (χ4v) is 2.34. The molecule has 4 N–H and O–H groups in total. The zero-order valence-electron chi connectivity index (χ0n) is 13.8. The highest BCUT2D eigenvalue weighted by Crippen LogP contribution is 2.30. The van der Waals surface area contributed by atoms with Crippen LogP contribution in [0, 0.1) is 5.82 Å². The monoisotopic (exact) mass is 384 g/mol. The van der Waals surface area contributed by atoms with E-state index >= 15 is 0 Å². The van der Waals surface area contributed by atoms with Gasteiger partial charge >= 0.3 is 6.18 Å². The number of alkyl halides is 3. The Labute approximate surface area is 151 Å². The summed E-state index contributed by atoms with van der Waals surface area (Å²) in [7, 11) is 0. The zero-order valence-corrected chi connectivity index (χ0v) is 13.8. The van der Waals surface area contributed by atoms with Gasteiger partial charge < -0.3 is 16.2 Å². The number of nitrogens with one attached hydrogen (secondary N) is 1. The largest absolute Gasteiger partial charge is 0.416 e. The first-order chi connectivity index (χ1) is 12.6. The fourth-order valence-electron chi connectivity index (χ4n) is 2.34. The van der Waals surface area contributed by atoms with Gasteiger partial charge in [-0.25, -0.2) is 4.39 Å². The standard InChI is InChI=1S/C18H16F4N2O3/c19-13-7-1-10(2-8-13)9-14(16(23)26)24-17(27)15(25)11-3-5-12(6-4-11)18(20,21)22/h1-8,14-15,25H,9H2,(H2,23,26)(H,24,27)/t14-,15+/m0/s1. The summed E-state index contributed by atoms with van der Waals surface area (Å²) in [6, 6.07) is 7.36. The predicted octanol–water partition coefficient (Wildman–Crippen LogP) is 2.09. The van der Waals surface area contributed by atoms with Crippen molar-refractivity contribution in [3.8, 4) is 0 Å². The van der Waals surface area contributed by atoms with Gasteiger partial charge in [-0.05, 0) is 35.4 Å². The minimum atomic E-state index is -4.54. The SMILES string of the molecule is NC(=O)[C@H](Cc1ccc(F)cc1)NC(=O)[C@H](O)c1ccc(C(F)(F)F)cc1. The molecule has 0 aliphatic carbocycles. The third-order valence-electron chi connectivity index (χ3n) is 3.82. The summed E-state index contributed by atoms with van der Waals surface area (Å²) in [5.41, 5.74) is 4.75. The van der Waals surface area contributed by atoms with E-state index in [9.17, 15) is 32.3 Å². The molecule has 0 aliphatic rings. The Bertz CT molecular complexity index is 805. The molecule has 5 nitrogen and oxygen atoms in total. The van der Waals surface area contributed by atoms with Crippen LogP contribution in [0.5, 0.6) is 0 Å². The maximum Gasteiger partial charge on any atom is 0.416 e. The smallest absolute Gasteiger partial charge is 0.378 e. The van der Waals surface area contributed by atoms with Crippen molar-refractivity contribution in [2.24, 2.45) is 5.73 Å². The van der Waals surface area contributed by atoms with Crippen LogP contribution < -0.4 is 11.1 Å². The molecule has 0 saturated heterocycles. The molecule has 2 rings (SSSR count). The van der Waals surface area contributed by atoms with Crippen molar-refractivity contribution in [3.05, 3.63) is 71.0 Å². The molecular weight excluding hydrogens is 368 g/mol. The number of rotatable bonds is 6. The van der Waals surface area contributed by atoms with Gasteiger partial charge in [0.15, 0.2) is 6.10 Å². The van der Waals surface area contributed by atoms with Gasteiger partial charge in [-0.1, -0.05) is 24.3 Å². The van der Waals surface area contributed by atoms with Gasteiger partial charge in [-0.15, -0.1) is 0 Å². The topological polar surface area (TPSA) is 92.4 Å². The number of halogens is 4. The Balaban J connectivity index is 2.07. The molecular formula is C18H16F4N2O3. The molecule has 0 aliphatic heterocycles. The van der Waals surface area contributed by atoms with Gasteiger partial charge in [-0.2, -0.15) is 13.2 Å². The zero-order chi connectivity index (χ0) is 20.2. The Morgan fingerprint density at radius 1 is 1.04 bits per heavy atom. The molecule has 2 atom stereocenters. The molecule has 0 unspecified atom stereocenters. The Morgan fingerprint density at radius 3 is 2.07 bits per heavy atom. The molecule has 144 valence electrons. The number of amides is 2. The molecule has 0 bridgehead atoms. The highest BCUT2D eigenvalue weighted by Gasteiger charge is 2.31. The summed E-state index contributed by atoms with van der Waals surface area (Å²) in [6.07, 6.45) is -6.37. The number of benzene rings is 2. The van der Waals surface area contributed by atoms with E-state index in [0.29, 0.717) is 5.56 Å². The van der Waals surface area contributed by atoms with Crippen molar-refractivity contribution in [2.75, 3.05) is 0 Å². The number of hydrogen-bond donors (Lipinski definition) is 3. The van der Waals surface area contributed by atoms with Crippen molar-refractivity contribution in [2.45, 2.75) is 24.7 Å². The van der Waals surface area contributed by atoms with Crippen molar-refractivity contribution >= 4 is 11.8 Å². The quantitative estimate of drug-likeness (QED) is 0.666. The lowest BCUT2D eigenvalue weighted by Crippen LogP contribution is -2.47. The van der Waals surface area contributed by atoms with Gasteiger partial charge in [0, 0.05) is 6.42 Å². The van der Waals surface area contributed by atoms with Crippen LogP contribution in [0.3, 0.4) is 0 Å². The summed E-state index contributed by atoms with van der Waals surface area (Å²) in [6.45, 7) is 0. The number of carbonyl (C=O) groups is 2. The fraction of sp³-hybridized carbons (Fsp3) is 0.222.